The van der Waals surface area contributed by atoms with E-state index in [1.165, 1.54) is 0 Å². The molecule has 110 valence electrons. The predicted octanol–water partition coefficient (Wildman–Crippen LogP) is 1.91. The Labute approximate surface area is 122 Å². The maximum atomic E-state index is 11.6. The smallest absolute Gasteiger partial charge is 0.314 e. The average Bonchev–Trinajstić information content (AvgIpc) is 2.48. The van der Waals surface area contributed by atoms with Crippen LogP contribution in [0.3, 0.4) is 0 Å². The van der Waals surface area contributed by atoms with Crippen molar-refractivity contribution in [1.82, 2.24) is 15.2 Å². The van der Waals surface area contributed by atoms with Crippen LogP contribution in [0.1, 0.15) is 28.7 Å². The summed E-state index contributed by atoms with van der Waals surface area (Å²) < 4.78 is 5.26. The molecule has 0 saturated heterocycles. The highest BCUT2D eigenvalue weighted by Gasteiger charge is 2.25. The summed E-state index contributed by atoms with van der Waals surface area (Å²) in [5.41, 5.74) is 2.18. The van der Waals surface area contributed by atoms with Gasteiger partial charge in [-0.1, -0.05) is 18.2 Å². The molecule has 0 aliphatic carbocycles. The second-order valence-electron chi connectivity index (χ2n) is 4.75. The Morgan fingerprint density at radius 3 is 2.57 bits per heavy atom. The minimum atomic E-state index is -0.981. The normalized spacial score (nSPS) is 12.0. The third-order valence-corrected chi connectivity index (χ3v) is 3.33. The first-order chi connectivity index (χ1) is 10.0. The van der Waals surface area contributed by atoms with Crippen molar-refractivity contribution in [1.29, 1.82) is 0 Å². The lowest BCUT2D eigenvalue weighted by Gasteiger charge is -2.14. The molecular weight excluding hydrogens is 270 g/mol. The van der Waals surface area contributed by atoms with Gasteiger partial charge in [-0.3, -0.25) is 4.79 Å². The van der Waals surface area contributed by atoms with Gasteiger partial charge in [0.05, 0.1) is 18.5 Å². The molecule has 21 heavy (non-hydrogen) atoms. The standard InChI is InChI=1S/C15H17N3O3/c1-9-10(2)17-18-14(16-9)12(15(19)20)8-11-6-4-5-7-13(11)21-3/h4-7,12H,8H2,1-3H3,(H,19,20). The van der Waals surface area contributed by atoms with Crippen molar-refractivity contribution in [2.24, 2.45) is 0 Å². The van der Waals surface area contributed by atoms with Crippen LogP contribution in [0, 0.1) is 13.8 Å². The van der Waals surface area contributed by atoms with E-state index in [0.717, 1.165) is 5.56 Å². The lowest BCUT2D eigenvalue weighted by Crippen LogP contribution is -2.19. The van der Waals surface area contributed by atoms with E-state index in [2.05, 4.69) is 15.2 Å². The zero-order valence-corrected chi connectivity index (χ0v) is 12.2. The van der Waals surface area contributed by atoms with E-state index < -0.39 is 11.9 Å². The third-order valence-electron chi connectivity index (χ3n) is 3.33. The molecule has 2 rings (SSSR count). The van der Waals surface area contributed by atoms with Crippen molar-refractivity contribution in [3.63, 3.8) is 0 Å². The van der Waals surface area contributed by atoms with E-state index in [1.54, 1.807) is 27.0 Å². The minimum Gasteiger partial charge on any atom is -0.496 e. The Morgan fingerprint density at radius 1 is 1.24 bits per heavy atom. The van der Waals surface area contributed by atoms with E-state index in [9.17, 15) is 9.90 Å². The zero-order valence-electron chi connectivity index (χ0n) is 12.2. The number of hydrogen-bond donors (Lipinski definition) is 1. The van der Waals surface area contributed by atoms with Crippen LogP contribution in [0.5, 0.6) is 5.75 Å². The number of carboxylic acids is 1. The first-order valence-corrected chi connectivity index (χ1v) is 6.55. The van der Waals surface area contributed by atoms with E-state index in [0.29, 0.717) is 17.1 Å². The maximum absolute atomic E-state index is 11.6. The second-order valence-corrected chi connectivity index (χ2v) is 4.75. The monoisotopic (exact) mass is 287 g/mol. The molecule has 0 radical (unpaired) electrons. The summed E-state index contributed by atoms with van der Waals surface area (Å²) in [4.78, 5) is 15.8. The van der Waals surface area contributed by atoms with Crippen LogP contribution in [-0.2, 0) is 11.2 Å². The topological polar surface area (TPSA) is 85.2 Å². The summed E-state index contributed by atoms with van der Waals surface area (Å²) >= 11 is 0. The molecule has 0 bridgehead atoms. The van der Waals surface area contributed by atoms with Crippen molar-refractivity contribution in [2.75, 3.05) is 7.11 Å². The van der Waals surface area contributed by atoms with Gasteiger partial charge in [-0.15, -0.1) is 5.10 Å². The number of carbonyl (C=O) groups is 1. The molecule has 1 N–H and O–H groups in total. The summed E-state index contributed by atoms with van der Waals surface area (Å²) in [6.07, 6.45) is 0.253. The van der Waals surface area contributed by atoms with Crippen LogP contribution in [0.2, 0.25) is 0 Å². The molecule has 1 aromatic carbocycles. The van der Waals surface area contributed by atoms with Crippen LogP contribution >= 0.6 is 0 Å². The molecule has 0 spiro atoms. The molecule has 1 unspecified atom stereocenters. The molecule has 1 heterocycles. The molecule has 0 saturated carbocycles. The first-order valence-electron chi connectivity index (χ1n) is 6.55. The minimum absolute atomic E-state index is 0.219. The van der Waals surface area contributed by atoms with E-state index in [4.69, 9.17) is 4.74 Å². The number of ether oxygens (including phenoxy) is 1. The highest BCUT2D eigenvalue weighted by molar-refractivity contribution is 5.75. The average molecular weight is 287 g/mol. The number of para-hydroxylation sites is 1. The molecule has 6 heteroatoms. The molecule has 1 aromatic heterocycles. The summed E-state index contributed by atoms with van der Waals surface area (Å²) in [6, 6.07) is 7.32. The summed E-state index contributed by atoms with van der Waals surface area (Å²) in [5, 5.41) is 17.4. The number of aryl methyl sites for hydroxylation is 2. The summed E-state index contributed by atoms with van der Waals surface area (Å²) in [5.74, 6) is -0.962. The van der Waals surface area contributed by atoms with Gasteiger partial charge in [0.25, 0.3) is 0 Å². The van der Waals surface area contributed by atoms with Crippen molar-refractivity contribution >= 4 is 5.97 Å². The summed E-state index contributed by atoms with van der Waals surface area (Å²) in [6.45, 7) is 3.57. The molecule has 0 fully saturated rings. The first kappa shape index (κ1) is 14.9. The Balaban J connectivity index is 2.35. The van der Waals surface area contributed by atoms with Crippen LogP contribution in [0.25, 0.3) is 0 Å². The fourth-order valence-corrected chi connectivity index (χ4v) is 2.00. The predicted molar refractivity (Wildman–Crippen MR) is 76.4 cm³/mol. The molecule has 0 aliphatic heterocycles. The number of carboxylic acid groups (broad SMARTS) is 1. The van der Waals surface area contributed by atoms with Crippen LogP contribution in [0.4, 0.5) is 0 Å². The number of aromatic nitrogens is 3. The van der Waals surface area contributed by atoms with Gasteiger partial charge >= 0.3 is 5.97 Å². The fourth-order valence-electron chi connectivity index (χ4n) is 2.00. The largest absolute Gasteiger partial charge is 0.496 e. The number of methoxy groups -OCH3 is 1. The quantitative estimate of drug-likeness (QED) is 0.904. The number of aliphatic carboxylic acids is 1. The lowest BCUT2D eigenvalue weighted by molar-refractivity contribution is -0.139. The highest BCUT2D eigenvalue weighted by atomic mass is 16.5. The number of nitrogens with zero attached hydrogens (tertiary/aromatic N) is 3. The number of rotatable bonds is 5. The molecule has 2 aromatic rings. The van der Waals surface area contributed by atoms with Crippen LogP contribution in [0.15, 0.2) is 24.3 Å². The number of benzene rings is 1. The molecule has 0 amide bonds. The molecule has 0 aliphatic rings. The van der Waals surface area contributed by atoms with E-state index in [1.807, 2.05) is 18.2 Å². The Morgan fingerprint density at radius 2 is 1.95 bits per heavy atom. The second kappa shape index (κ2) is 6.30. The van der Waals surface area contributed by atoms with Gasteiger partial charge in [-0.2, -0.15) is 5.10 Å². The van der Waals surface area contributed by atoms with E-state index in [-0.39, 0.29) is 12.2 Å². The van der Waals surface area contributed by atoms with Crippen LogP contribution in [-0.4, -0.2) is 33.4 Å². The van der Waals surface area contributed by atoms with Gasteiger partial charge in [-0.25, -0.2) is 4.98 Å². The summed E-state index contributed by atoms with van der Waals surface area (Å²) in [7, 11) is 1.56. The van der Waals surface area contributed by atoms with Gasteiger partial charge in [0, 0.05) is 0 Å². The van der Waals surface area contributed by atoms with Gasteiger partial charge in [0.15, 0.2) is 5.82 Å². The zero-order chi connectivity index (χ0) is 15.4. The van der Waals surface area contributed by atoms with Crippen molar-refractivity contribution < 1.29 is 14.6 Å². The Kier molecular flexibility index (Phi) is 4.47. The Bertz CT molecular complexity index is 658. The highest BCUT2D eigenvalue weighted by Crippen LogP contribution is 2.25. The van der Waals surface area contributed by atoms with Gasteiger partial charge < -0.3 is 9.84 Å². The lowest BCUT2D eigenvalue weighted by atomic mass is 9.98. The van der Waals surface area contributed by atoms with Crippen molar-refractivity contribution in [2.45, 2.75) is 26.2 Å². The molecule has 6 nitrogen and oxygen atoms in total. The Hall–Kier alpha value is -2.50. The maximum Gasteiger partial charge on any atom is 0.314 e. The third kappa shape index (κ3) is 3.34. The number of hydrogen-bond acceptors (Lipinski definition) is 5. The SMILES string of the molecule is COc1ccccc1CC(C(=O)O)c1nnc(C)c(C)n1. The van der Waals surface area contributed by atoms with Gasteiger partial charge in [0.1, 0.15) is 11.7 Å². The van der Waals surface area contributed by atoms with Gasteiger partial charge in [-0.05, 0) is 31.9 Å². The van der Waals surface area contributed by atoms with Crippen LogP contribution < -0.4 is 4.74 Å². The molecular formula is C15H17N3O3. The van der Waals surface area contributed by atoms with E-state index >= 15 is 0 Å². The van der Waals surface area contributed by atoms with Gasteiger partial charge in [0.2, 0.25) is 0 Å². The fraction of sp³-hybridized carbons (Fsp3) is 0.333. The molecule has 1 atom stereocenters. The van der Waals surface area contributed by atoms with Crippen molar-refractivity contribution in [3.8, 4) is 5.75 Å². The van der Waals surface area contributed by atoms with Crippen molar-refractivity contribution in [3.05, 3.63) is 47.0 Å².